The Morgan fingerprint density at radius 2 is 1.76 bits per heavy atom. The summed E-state index contributed by atoms with van der Waals surface area (Å²) in [6, 6.07) is 9.55. The average Bonchev–Trinajstić information content (AvgIpc) is 2.92. The van der Waals surface area contributed by atoms with Gasteiger partial charge in [-0.05, 0) is 43.2 Å². The molecule has 0 aromatic heterocycles. The van der Waals surface area contributed by atoms with Gasteiger partial charge in [0.15, 0.2) is 0 Å². The molecule has 3 amide bonds. The molecule has 0 N–H and O–H groups in total. The number of anilines is 1. The first-order valence-corrected chi connectivity index (χ1v) is 9.22. The molecule has 1 fully saturated rings. The molecule has 0 spiro atoms. The zero-order chi connectivity index (χ0) is 21.0. The van der Waals surface area contributed by atoms with Crippen molar-refractivity contribution in [2.24, 2.45) is 0 Å². The number of carbonyl (C=O) groups is 3. The van der Waals surface area contributed by atoms with Gasteiger partial charge < -0.3 is 14.7 Å². The van der Waals surface area contributed by atoms with Crippen molar-refractivity contribution in [3.8, 4) is 5.75 Å². The lowest BCUT2D eigenvalue weighted by Gasteiger charge is -2.21. The number of benzene rings is 2. The lowest BCUT2D eigenvalue weighted by Crippen LogP contribution is -2.38. The van der Waals surface area contributed by atoms with Gasteiger partial charge in [0.25, 0.3) is 5.91 Å². The summed E-state index contributed by atoms with van der Waals surface area (Å²) in [5.74, 6) is -1.76. The smallest absolute Gasteiger partial charge is 0.332 e. The van der Waals surface area contributed by atoms with Crippen LogP contribution >= 0.6 is 0 Å². The van der Waals surface area contributed by atoms with Crippen molar-refractivity contribution in [1.82, 2.24) is 4.90 Å². The molecule has 0 bridgehead atoms. The van der Waals surface area contributed by atoms with Crippen LogP contribution in [-0.2, 0) is 20.7 Å². The standard InChI is InChI=1S/C21H21FN2O5/c1-2-29-19(26)13-18-20(27)24(16-7-5-15(22)6-8-16)21(28)23(18)12-11-14-3-9-17(25)10-4-14/h3-10,18,25H,2,11-13H2,1H3/p-1. The Bertz CT molecular complexity index is 898. The fourth-order valence-electron chi connectivity index (χ4n) is 3.20. The van der Waals surface area contributed by atoms with E-state index in [0.29, 0.717) is 6.42 Å². The molecule has 8 heteroatoms. The third kappa shape index (κ3) is 4.53. The van der Waals surface area contributed by atoms with E-state index in [-0.39, 0.29) is 31.0 Å². The number of hydrogen-bond donors (Lipinski definition) is 0. The lowest BCUT2D eigenvalue weighted by molar-refractivity contribution is -0.268. The highest BCUT2D eigenvalue weighted by Gasteiger charge is 2.46. The van der Waals surface area contributed by atoms with Crippen LogP contribution in [0.3, 0.4) is 0 Å². The fraction of sp³-hybridized carbons (Fsp3) is 0.286. The van der Waals surface area contributed by atoms with E-state index in [1.54, 1.807) is 19.1 Å². The molecule has 0 saturated carbocycles. The molecule has 29 heavy (non-hydrogen) atoms. The molecule has 2 aromatic rings. The number of imide groups is 1. The third-order valence-corrected chi connectivity index (χ3v) is 4.63. The maximum Gasteiger partial charge on any atom is 0.332 e. The zero-order valence-corrected chi connectivity index (χ0v) is 15.8. The van der Waals surface area contributed by atoms with Crippen LogP contribution < -0.4 is 10.0 Å². The first kappa shape index (κ1) is 20.3. The van der Waals surface area contributed by atoms with Crippen LogP contribution in [0.1, 0.15) is 18.9 Å². The molecule has 1 heterocycles. The summed E-state index contributed by atoms with van der Waals surface area (Å²) in [7, 11) is 0. The van der Waals surface area contributed by atoms with Gasteiger partial charge in [-0.3, -0.25) is 9.59 Å². The molecular weight excluding hydrogens is 379 g/mol. The second kappa shape index (κ2) is 8.72. The normalized spacial score (nSPS) is 16.4. The van der Waals surface area contributed by atoms with Gasteiger partial charge in [-0.1, -0.05) is 24.3 Å². The van der Waals surface area contributed by atoms with Gasteiger partial charge in [0.2, 0.25) is 0 Å². The van der Waals surface area contributed by atoms with Crippen LogP contribution in [0.2, 0.25) is 0 Å². The molecule has 1 atom stereocenters. The summed E-state index contributed by atoms with van der Waals surface area (Å²) in [5, 5.41) is 11.2. The number of hydrogen-bond acceptors (Lipinski definition) is 5. The molecule has 2 aromatic carbocycles. The van der Waals surface area contributed by atoms with Crippen molar-refractivity contribution >= 4 is 23.6 Å². The SMILES string of the molecule is CCOC(=O)CC1C(=O)N(c2ccc(F)cc2)C(=O)N1CCc1ccc([O-])cc1. The summed E-state index contributed by atoms with van der Waals surface area (Å²) >= 11 is 0. The number of urea groups is 1. The largest absolute Gasteiger partial charge is 0.872 e. The second-order valence-corrected chi connectivity index (χ2v) is 6.54. The van der Waals surface area contributed by atoms with Crippen LogP contribution in [0.15, 0.2) is 48.5 Å². The summed E-state index contributed by atoms with van der Waals surface area (Å²) in [5.41, 5.74) is 1.05. The van der Waals surface area contributed by atoms with Gasteiger partial charge in [-0.15, -0.1) is 5.75 Å². The van der Waals surface area contributed by atoms with E-state index in [0.717, 1.165) is 22.6 Å². The van der Waals surface area contributed by atoms with Gasteiger partial charge in [0.1, 0.15) is 11.9 Å². The topological polar surface area (TPSA) is 90.0 Å². The predicted molar refractivity (Wildman–Crippen MR) is 101 cm³/mol. The Morgan fingerprint density at radius 3 is 2.38 bits per heavy atom. The minimum Gasteiger partial charge on any atom is -0.872 e. The second-order valence-electron chi connectivity index (χ2n) is 6.54. The minimum absolute atomic E-state index is 0.121. The van der Waals surface area contributed by atoms with Crippen LogP contribution in [0.25, 0.3) is 0 Å². The van der Waals surface area contributed by atoms with Crippen LogP contribution in [0, 0.1) is 5.82 Å². The van der Waals surface area contributed by atoms with Crippen LogP contribution in [0.5, 0.6) is 5.75 Å². The summed E-state index contributed by atoms with van der Waals surface area (Å²) < 4.78 is 18.2. The van der Waals surface area contributed by atoms with E-state index in [1.807, 2.05) is 0 Å². The van der Waals surface area contributed by atoms with Gasteiger partial charge in [0.05, 0.1) is 18.7 Å². The number of carbonyl (C=O) groups excluding carboxylic acids is 3. The van der Waals surface area contributed by atoms with Crippen molar-refractivity contribution in [2.75, 3.05) is 18.1 Å². The number of amides is 3. The Hall–Kier alpha value is -3.42. The van der Waals surface area contributed by atoms with E-state index in [9.17, 15) is 23.9 Å². The maximum absolute atomic E-state index is 13.2. The van der Waals surface area contributed by atoms with Crippen LogP contribution in [-0.4, -0.2) is 42.0 Å². The summed E-state index contributed by atoms with van der Waals surface area (Å²) in [4.78, 5) is 40.1. The number of halogens is 1. The zero-order valence-electron chi connectivity index (χ0n) is 15.8. The van der Waals surface area contributed by atoms with Crippen LogP contribution in [0.4, 0.5) is 14.9 Å². The molecule has 0 aliphatic carbocycles. The molecule has 7 nitrogen and oxygen atoms in total. The Labute approximate surface area is 167 Å². The number of rotatable bonds is 7. The molecule has 0 radical (unpaired) electrons. The number of ether oxygens (including phenoxy) is 1. The Morgan fingerprint density at radius 1 is 1.10 bits per heavy atom. The van der Waals surface area contributed by atoms with Gasteiger partial charge >= 0.3 is 12.0 Å². The highest BCUT2D eigenvalue weighted by molar-refractivity contribution is 6.21. The van der Waals surface area contributed by atoms with Crippen molar-refractivity contribution in [3.05, 3.63) is 59.9 Å². The molecule has 152 valence electrons. The molecule has 1 unspecified atom stereocenters. The quantitative estimate of drug-likeness (QED) is 0.526. The van der Waals surface area contributed by atoms with Gasteiger partial charge in [-0.2, -0.15) is 0 Å². The third-order valence-electron chi connectivity index (χ3n) is 4.63. The first-order chi connectivity index (χ1) is 13.9. The van der Waals surface area contributed by atoms with Crippen molar-refractivity contribution < 1.29 is 28.6 Å². The summed E-state index contributed by atoms with van der Waals surface area (Å²) in [6.45, 7) is 1.99. The number of esters is 1. The average molecular weight is 399 g/mol. The molecule has 1 saturated heterocycles. The highest BCUT2D eigenvalue weighted by Crippen LogP contribution is 2.27. The van der Waals surface area contributed by atoms with Crippen molar-refractivity contribution in [2.45, 2.75) is 25.8 Å². The van der Waals surface area contributed by atoms with Crippen molar-refractivity contribution in [1.29, 1.82) is 0 Å². The van der Waals surface area contributed by atoms with Crippen molar-refractivity contribution in [3.63, 3.8) is 0 Å². The van der Waals surface area contributed by atoms with E-state index >= 15 is 0 Å². The summed E-state index contributed by atoms with van der Waals surface area (Å²) in [6.07, 6.45) is 0.130. The minimum atomic E-state index is -1.01. The lowest BCUT2D eigenvalue weighted by atomic mass is 10.1. The Kier molecular flexibility index (Phi) is 6.11. The van der Waals surface area contributed by atoms with E-state index in [2.05, 4.69) is 0 Å². The predicted octanol–water partition coefficient (Wildman–Crippen LogP) is 2.23. The number of nitrogens with zero attached hydrogens (tertiary/aromatic N) is 2. The first-order valence-electron chi connectivity index (χ1n) is 9.22. The molecule has 1 aliphatic heterocycles. The molecular formula is C21H20FN2O5-. The fourth-order valence-corrected chi connectivity index (χ4v) is 3.20. The van der Waals surface area contributed by atoms with E-state index in [1.165, 1.54) is 29.2 Å². The monoisotopic (exact) mass is 399 g/mol. The van der Waals surface area contributed by atoms with Gasteiger partial charge in [-0.25, -0.2) is 14.1 Å². The van der Waals surface area contributed by atoms with E-state index < -0.39 is 29.8 Å². The van der Waals surface area contributed by atoms with E-state index in [4.69, 9.17) is 4.74 Å². The molecule has 1 aliphatic rings. The van der Waals surface area contributed by atoms with Gasteiger partial charge in [0, 0.05) is 6.54 Å². The molecule has 3 rings (SSSR count). The Balaban J connectivity index is 1.83. The highest BCUT2D eigenvalue weighted by atomic mass is 19.1. The maximum atomic E-state index is 13.2.